The van der Waals surface area contributed by atoms with Gasteiger partial charge in [-0.2, -0.15) is 25.8 Å². The summed E-state index contributed by atoms with van der Waals surface area (Å²) in [5, 5.41) is 27.4. The van der Waals surface area contributed by atoms with Gasteiger partial charge in [-0.05, 0) is 0 Å². The van der Waals surface area contributed by atoms with Gasteiger partial charge in [-0.1, -0.05) is 6.58 Å². The molecule has 6 heteroatoms. The monoisotopic (exact) mass is 184 g/mol. The van der Waals surface area contributed by atoms with Gasteiger partial charge in [-0.3, -0.25) is 0 Å². The first kappa shape index (κ1) is 9.44. The van der Waals surface area contributed by atoms with Crippen molar-refractivity contribution < 1.29 is 0 Å². The van der Waals surface area contributed by atoms with Crippen molar-refractivity contribution in [2.24, 2.45) is 9.98 Å². The summed E-state index contributed by atoms with van der Waals surface area (Å²) in [5.74, 6) is 0. The summed E-state index contributed by atoms with van der Waals surface area (Å²) >= 11 is 0. The lowest BCUT2D eigenvalue weighted by Crippen LogP contribution is -2.52. The van der Waals surface area contributed by atoms with Gasteiger partial charge in [-0.15, -0.1) is 0 Å². The molecule has 0 aliphatic heterocycles. The van der Waals surface area contributed by atoms with Crippen LogP contribution in [0.25, 0.3) is 0 Å². The van der Waals surface area contributed by atoms with Gasteiger partial charge in [0.05, 0.1) is 0 Å². The summed E-state index contributed by atoms with van der Waals surface area (Å²) in [6, 6.07) is -0.494. The summed E-state index contributed by atoms with van der Waals surface area (Å²) in [4.78, 5) is 6.88. The minimum Gasteiger partial charge on any atom is -0.310 e. The topological polar surface area (TPSA) is 108 Å². The standard InChI is InChI=1S/C8H4N6/c1-5-6(12-2-9)8(14-4-11)7(5)13-3-10/h6,12H,1H2. The average Bonchev–Trinajstić information content (AvgIpc) is 2.21. The van der Waals surface area contributed by atoms with Crippen LogP contribution in [0.3, 0.4) is 0 Å². The molecule has 0 amide bonds. The molecule has 0 spiro atoms. The van der Waals surface area contributed by atoms with Crippen LogP contribution in [0.1, 0.15) is 0 Å². The Bertz CT molecular complexity index is 450. The summed E-state index contributed by atoms with van der Waals surface area (Å²) in [5.41, 5.74) is 1.05. The van der Waals surface area contributed by atoms with Gasteiger partial charge >= 0.3 is 0 Å². The lowest BCUT2D eigenvalue weighted by molar-refractivity contribution is 0.853. The third kappa shape index (κ3) is 1.31. The van der Waals surface area contributed by atoms with Gasteiger partial charge in [0, 0.05) is 5.57 Å². The molecule has 0 aromatic heterocycles. The SMILES string of the molecule is C=C1C(=NC#N)C(=NC#N)C1NC#N. The highest BCUT2D eigenvalue weighted by Crippen LogP contribution is 2.19. The third-order valence-corrected chi connectivity index (χ3v) is 1.71. The first-order valence-electron chi connectivity index (χ1n) is 3.53. The number of nitrogens with zero attached hydrogens (tertiary/aromatic N) is 5. The highest BCUT2D eigenvalue weighted by Gasteiger charge is 2.38. The molecule has 1 saturated carbocycles. The molecule has 0 radical (unpaired) electrons. The van der Waals surface area contributed by atoms with Crippen LogP contribution in [0, 0.1) is 34.4 Å². The number of hydrogen-bond acceptors (Lipinski definition) is 6. The maximum Gasteiger partial charge on any atom is 0.206 e. The Morgan fingerprint density at radius 3 is 2.36 bits per heavy atom. The summed E-state index contributed by atoms with van der Waals surface area (Å²) in [7, 11) is 0. The molecule has 0 aromatic rings. The van der Waals surface area contributed by atoms with E-state index >= 15 is 0 Å². The van der Waals surface area contributed by atoms with E-state index in [2.05, 4.69) is 21.9 Å². The van der Waals surface area contributed by atoms with Crippen molar-refractivity contribution in [3.63, 3.8) is 0 Å². The van der Waals surface area contributed by atoms with E-state index in [4.69, 9.17) is 15.8 Å². The predicted octanol–water partition coefficient (Wildman–Crippen LogP) is -0.160. The number of hydrogen-bond donors (Lipinski definition) is 1. The number of nitrogens with one attached hydrogen (secondary N) is 1. The molecular weight excluding hydrogens is 180 g/mol. The fourth-order valence-electron chi connectivity index (χ4n) is 1.10. The average molecular weight is 184 g/mol. The van der Waals surface area contributed by atoms with Crippen molar-refractivity contribution >= 4 is 11.4 Å². The zero-order chi connectivity index (χ0) is 10.6. The van der Waals surface area contributed by atoms with Crippen molar-refractivity contribution in [1.29, 1.82) is 15.8 Å². The summed E-state index contributed by atoms with van der Waals surface area (Å²) in [6.07, 6.45) is 4.86. The van der Waals surface area contributed by atoms with E-state index in [0.717, 1.165) is 0 Å². The zero-order valence-corrected chi connectivity index (χ0v) is 7.02. The quantitative estimate of drug-likeness (QED) is 0.451. The van der Waals surface area contributed by atoms with E-state index in [1.54, 1.807) is 18.6 Å². The molecule has 66 valence electrons. The fraction of sp³-hybridized carbons (Fsp3) is 0.125. The highest BCUT2D eigenvalue weighted by molar-refractivity contribution is 6.59. The van der Waals surface area contributed by atoms with Crippen LogP contribution in [0.2, 0.25) is 0 Å². The molecule has 14 heavy (non-hydrogen) atoms. The molecule has 1 aliphatic carbocycles. The zero-order valence-electron chi connectivity index (χ0n) is 7.02. The van der Waals surface area contributed by atoms with Crippen LogP contribution in [0.5, 0.6) is 0 Å². The van der Waals surface area contributed by atoms with Gasteiger partial charge < -0.3 is 5.32 Å². The molecule has 1 unspecified atom stereocenters. The largest absolute Gasteiger partial charge is 0.310 e. The molecule has 1 rings (SSSR count). The van der Waals surface area contributed by atoms with Gasteiger partial charge in [0.2, 0.25) is 12.4 Å². The van der Waals surface area contributed by atoms with Crippen LogP contribution in [-0.2, 0) is 0 Å². The lowest BCUT2D eigenvalue weighted by atomic mass is 9.82. The van der Waals surface area contributed by atoms with Crippen LogP contribution < -0.4 is 5.32 Å². The molecule has 0 bridgehead atoms. The van der Waals surface area contributed by atoms with Crippen molar-refractivity contribution in [2.45, 2.75) is 6.04 Å². The summed E-state index contributed by atoms with van der Waals surface area (Å²) in [6.45, 7) is 3.61. The van der Waals surface area contributed by atoms with E-state index in [0.29, 0.717) is 5.57 Å². The van der Waals surface area contributed by atoms with E-state index < -0.39 is 6.04 Å². The van der Waals surface area contributed by atoms with Crippen molar-refractivity contribution in [1.82, 2.24) is 5.32 Å². The maximum absolute atomic E-state index is 8.38. The predicted molar refractivity (Wildman–Crippen MR) is 47.8 cm³/mol. The van der Waals surface area contributed by atoms with E-state index in [9.17, 15) is 0 Å². The lowest BCUT2D eigenvalue weighted by Gasteiger charge is -2.29. The smallest absolute Gasteiger partial charge is 0.206 e. The van der Waals surface area contributed by atoms with Gasteiger partial charge in [0.1, 0.15) is 17.5 Å². The van der Waals surface area contributed by atoms with E-state index in [1.165, 1.54) is 0 Å². The molecule has 1 fully saturated rings. The fourth-order valence-corrected chi connectivity index (χ4v) is 1.10. The molecule has 1 atom stereocenters. The Kier molecular flexibility index (Phi) is 2.59. The van der Waals surface area contributed by atoms with Crippen LogP contribution in [0.4, 0.5) is 0 Å². The van der Waals surface area contributed by atoms with E-state index in [-0.39, 0.29) is 11.4 Å². The number of rotatable bonds is 1. The minimum absolute atomic E-state index is 0.278. The second kappa shape index (κ2) is 3.84. The Morgan fingerprint density at radius 1 is 1.21 bits per heavy atom. The molecular formula is C8H4N6. The number of nitriles is 3. The summed E-state index contributed by atoms with van der Waals surface area (Å²) < 4.78 is 0. The van der Waals surface area contributed by atoms with E-state index in [1.807, 2.05) is 0 Å². The normalized spacial score (nSPS) is 24.6. The molecule has 0 aromatic carbocycles. The second-order valence-corrected chi connectivity index (χ2v) is 2.37. The van der Waals surface area contributed by atoms with Crippen molar-refractivity contribution in [3.8, 4) is 18.6 Å². The first-order chi connectivity index (χ1) is 6.76. The number of aliphatic imine (C=N–C) groups is 2. The van der Waals surface area contributed by atoms with Gasteiger partial charge in [0.15, 0.2) is 6.19 Å². The Balaban J connectivity index is 3.00. The Labute approximate surface area is 80.1 Å². The molecule has 0 saturated heterocycles. The Morgan fingerprint density at radius 2 is 1.86 bits per heavy atom. The molecule has 0 heterocycles. The van der Waals surface area contributed by atoms with Crippen LogP contribution >= 0.6 is 0 Å². The van der Waals surface area contributed by atoms with Crippen molar-refractivity contribution in [3.05, 3.63) is 12.2 Å². The van der Waals surface area contributed by atoms with Crippen molar-refractivity contribution in [2.75, 3.05) is 0 Å². The molecule has 1 N–H and O–H groups in total. The second-order valence-electron chi connectivity index (χ2n) is 2.37. The molecule has 1 aliphatic rings. The van der Waals surface area contributed by atoms with Crippen LogP contribution in [0.15, 0.2) is 22.1 Å². The highest BCUT2D eigenvalue weighted by atomic mass is 15.0. The minimum atomic E-state index is -0.494. The van der Waals surface area contributed by atoms with Gasteiger partial charge in [0.25, 0.3) is 0 Å². The molecule has 6 nitrogen and oxygen atoms in total. The first-order valence-corrected chi connectivity index (χ1v) is 3.53. The maximum atomic E-state index is 8.38. The third-order valence-electron chi connectivity index (χ3n) is 1.71. The Hall–Kier alpha value is -2.65. The van der Waals surface area contributed by atoms with Gasteiger partial charge in [-0.25, -0.2) is 0 Å². The van der Waals surface area contributed by atoms with Crippen LogP contribution in [-0.4, -0.2) is 17.5 Å².